The third-order valence-electron chi connectivity index (χ3n) is 1.03. The van der Waals surface area contributed by atoms with Gasteiger partial charge in [0.15, 0.2) is 0 Å². The van der Waals surface area contributed by atoms with E-state index in [9.17, 15) is 0 Å². The van der Waals surface area contributed by atoms with Crippen LogP contribution in [0.5, 0.6) is 0 Å². The molecule has 0 fully saturated rings. The molecule has 0 amide bonds. The molecule has 0 aromatic carbocycles. The Morgan fingerprint density at radius 1 is 1.12 bits per heavy atom. The van der Waals surface area contributed by atoms with Crippen molar-refractivity contribution in [2.45, 2.75) is 32.6 Å². The van der Waals surface area contributed by atoms with Gasteiger partial charge in [-0.25, -0.2) is 0 Å². The summed E-state index contributed by atoms with van der Waals surface area (Å²) < 4.78 is 0. The van der Waals surface area contributed by atoms with Crippen LogP contribution in [0.3, 0.4) is 0 Å². The van der Waals surface area contributed by atoms with E-state index in [1.165, 1.54) is 19.3 Å². The maximum absolute atomic E-state index is 6.78. The molecule has 0 aromatic rings. The first-order valence-corrected chi connectivity index (χ1v) is 3.06. The molecular weight excluding hydrogens is 137 g/mol. The second-order valence-electron chi connectivity index (χ2n) is 1.81. The monoisotopic (exact) mass is 151 g/mol. The molecule has 0 aliphatic heterocycles. The van der Waals surface area contributed by atoms with Gasteiger partial charge in [-0.1, -0.05) is 32.6 Å². The average Bonchev–Trinajstić information content (AvgIpc) is 1.69. The van der Waals surface area contributed by atoms with Gasteiger partial charge in [0.2, 0.25) is 0 Å². The minimum absolute atomic E-state index is 0. The fourth-order valence-corrected chi connectivity index (χ4v) is 0.552. The Morgan fingerprint density at radius 2 is 1.75 bits per heavy atom. The van der Waals surface area contributed by atoms with Gasteiger partial charge in [-0.15, -0.1) is 0 Å². The van der Waals surface area contributed by atoms with E-state index < -0.39 is 0 Å². The van der Waals surface area contributed by atoms with Crippen LogP contribution in [0.25, 0.3) is 5.73 Å². The Kier molecular flexibility index (Phi) is 14.9. The predicted octanol–water partition coefficient (Wildman–Crippen LogP) is 2.62. The van der Waals surface area contributed by atoms with Crippen LogP contribution in [0, 0.1) is 0 Å². The fourth-order valence-electron chi connectivity index (χ4n) is 0.552. The average molecular weight is 151 g/mol. The Hall–Kier alpha value is 0.544. The maximum atomic E-state index is 6.78. The van der Waals surface area contributed by atoms with Gasteiger partial charge < -0.3 is 5.73 Å². The van der Waals surface area contributed by atoms with Gasteiger partial charge in [0, 0.05) is 18.6 Å². The van der Waals surface area contributed by atoms with Crippen LogP contribution >= 0.6 is 0 Å². The van der Waals surface area contributed by atoms with E-state index in [1.54, 1.807) is 0 Å². The van der Waals surface area contributed by atoms with Crippen molar-refractivity contribution in [1.29, 1.82) is 0 Å². The largest absolute Gasteiger partial charge is 0.677 e. The number of unbranched alkanes of at least 4 members (excludes halogenated alkanes) is 3. The summed E-state index contributed by atoms with van der Waals surface area (Å²) in [5.74, 6) is 0. The molecule has 0 bridgehead atoms. The molecule has 0 saturated heterocycles. The summed E-state index contributed by atoms with van der Waals surface area (Å²) in [6.45, 7) is 2.80. The van der Waals surface area contributed by atoms with E-state index in [0.29, 0.717) is 6.54 Å². The normalized spacial score (nSPS) is 8.25. The zero-order chi connectivity index (χ0) is 5.54. The van der Waals surface area contributed by atoms with Crippen molar-refractivity contribution < 1.29 is 18.6 Å². The van der Waals surface area contributed by atoms with Gasteiger partial charge in [-0.3, -0.25) is 0 Å². The van der Waals surface area contributed by atoms with Gasteiger partial charge >= 0.3 is 0 Å². The van der Waals surface area contributed by atoms with Crippen LogP contribution in [0.2, 0.25) is 0 Å². The van der Waals surface area contributed by atoms with Crippen LogP contribution < -0.4 is 0 Å². The van der Waals surface area contributed by atoms with Crippen LogP contribution in [0.15, 0.2) is 0 Å². The number of rotatable bonds is 4. The number of hydrogen-bond donors (Lipinski definition) is 0. The van der Waals surface area contributed by atoms with Crippen molar-refractivity contribution >= 4 is 0 Å². The quantitative estimate of drug-likeness (QED) is 0.551. The summed E-state index contributed by atoms with van der Waals surface area (Å²) in [6.07, 6.45) is 4.92. The van der Waals surface area contributed by atoms with Gasteiger partial charge in [-0.2, -0.15) is 6.54 Å². The third kappa shape index (κ3) is 9.74. The molecule has 0 heterocycles. The minimum Gasteiger partial charge on any atom is -0.677 e. The van der Waals surface area contributed by atoms with E-state index in [-0.39, 0.29) is 18.6 Å². The van der Waals surface area contributed by atoms with Crippen molar-refractivity contribution in [3.63, 3.8) is 0 Å². The molecule has 0 unspecified atom stereocenters. The number of hydrogen-bond acceptors (Lipinski definition) is 0. The van der Waals surface area contributed by atoms with Crippen molar-refractivity contribution in [3.8, 4) is 0 Å². The molecule has 0 spiro atoms. The molecule has 0 aliphatic rings. The molecule has 1 nitrogen and oxygen atoms in total. The topological polar surface area (TPSA) is 23.8 Å². The van der Waals surface area contributed by atoms with Crippen molar-refractivity contribution in [3.05, 3.63) is 5.73 Å². The molecule has 2 heteroatoms. The Morgan fingerprint density at radius 3 is 2.12 bits per heavy atom. The van der Waals surface area contributed by atoms with Gasteiger partial charge in [0.05, 0.1) is 0 Å². The number of nitrogens with one attached hydrogen (secondary N) is 1. The minimum atomic E-state index is 0. The van der Waals surface area contributed by atoms with Crippen molar-refractivity contribution in [1.82, 2.24) is 0 Å². The van der Waals surface area contributed by atoms with Gasteiger partial charge in [-0.05, 0) is 0 Å². The molecule has 1 N–H and O–H groups in total. The van der Waals surface area contributed by atoms with E-state index in [4.69, 9.17) is 5.73 Å². The molecule has 0 aliphatic carbocycles. The second-order valence-corrected chi connectivity index (χ2v) is 1.81. The van der Waals surface area contributed by atoms with Crippen LogP contribution in [0.4, 0.5) is 0 Å². The van der Waals surface area contributed by atoms with Gasteiger partial charge in [0.25, 0.3) is 0 Å². The second kappa shape index (κ2) is 10.5. The summed E-state index contributed by atoms with van der Waals surface area (Å²) in [5.41, 5.74) is 6.78. The zero-order valence-electron chi connectivity index (χ0n) is 5.48. The standard InChI is InChI=1S/C6H14N.V/c1-2-3-4-5-6-7;/h7H,2-6H2,1H3;/q-1;. The summed E-state index contributed by atoms with van der Waals surface area (Å²) in [5, 5.41) is 0. The smallest absolute Gasteiger partial charge is 0 e. The molecule has 0 saturated carbocycles. The predicted molar refractivity (Wildman–Crippen MR) is 33.3 cm³/mol. The summed E-state index contributed by atoms with van der Waals surface area (Å²) in [7, 11) is 0. The van der Waals surface area contributed by atoms with Crippen LogP contribution in [-0.2, 0) is 18.6 Å². The van der Waals surface area contributed by atoms with Gasteiger partial charge in [0.1, 0.15) is 0 Å². The Bertz CT molecular complexity index is 27.7. The first-order chi connectivity index (χ1) is 3.41. The molecule has 0 rings (SSSR count). The molecule has 1 radical (unpaired) electrons. The zero-order valence-corrected chi connectivity index (χ0v) is 6.88. The SMILES string of the molecule is CCCCCC[NH-].[V]. The van der Waals surface area contributed by atoms with Crippen LogP contribution in [-0.4, -0.2) is 6.54 Å². The summed E-state index contributed by atoms with van der Waals surface area (Å²) in [4.78, 5) is 0. The summed E-state index contributed by atoms with van der Waals surface area (Å²) >= 11 is 0. The van der Waals surface area contributed by atoms with E-state index in [2.05, 4.69) is 6.92 Å². The first-order valence-electron chi connectivity index (χ1n) is 3.06. The third-order valence-corrected chi connectivity index (χ3v) is 1.03. The Balaban J connectivity index is 0. The fraction of sp³-hybridized carbons (Fsp3) is 1.00. The molecule has 0 atom stereocenters. The van der Waals surface area contributed by atoms with E-state index in [0.717, 1.165) is 6.42 Å². The molecule has 49 valence electrons. The van der Waals surface area contributed by atoms with Crippen molar-refractivity contribution in [2.75, 3.05) is 6.54 Å². The van der Waals surface area contributed by atoms with E-state index >= 15 is 0 Å². The molecule has 0 aromatic heterocycles. The molecular formula is C6H14NV-. The van der Waals surface area contributed by atoms with E-state index in [1.807, 2.05) is 0 Å². The summed E-state index contributed by atoms with van der Waals surface area (Å²) in [6, 6.07) is 0. The van der Waals surface area contributed by atoms with Crippen molar-refractivity contribution in [2.24, 2.45) is 0 Å². The first kappa shape index (κ1) is 11.4. The molecule has 8 heavy (non-hydrogen) atoms. The Labute approximate surface area is 63.9 Å². The maximum Gasteiger partial charge on any atom is 0 e. The van der Waals surface area contributed by atoms with Crippen LogP contribution in [0.1, 0.15) is 32.6 Å².